The summed E-state index contributed by atoms with van der Waals surface area (Å²) in [6.45, 7) is 3.42. The summed E-state index contributed by atoms with van der Waals surface area (Å²) in [7, 11) is 1.71. The summed E-state index contributed by atoms with van der Waals surface area (Å²) in [4.78, 5) is 0. The van der Waals surface area contributed by atoms with Gasteiger partial charge in [-0.25, -0.2) is 0 Å². The Morgan fingerprint density at radius 2 is 2.05 bits per heavy atom. The fourth-order valence-electron chi connectivity index (χ4n) is 2.95. The maximum absolute atomic E-state index is 5.71. The van der Waals surface area contributed by atoms with Gasteiger partial charge in [0, 0.05) is 0 Å². The van der Waals surface area contributed by atoms with Crippen LogP contribution in [0.4, 0.5) is 0 Å². The van der Waals surface area contributed by atoms with Crippen molar-refractivity contribution in [3.05, 3.63) is 16.1 Å². The monoisotopic (exact) mass is 341 g/mol. The maximum Gasteiger partial charge on any atom is 0.179 e. The molecule has 0 radical (unpaired) electrons. The molecule has 1 aromatic carbocycles. The summed E-state index contributed by atoms with van der Waals surface area (Å²) in [5.41, 5.74) is 1.20. The zero-order valence-corrected chi connectivity index (χ0v) is 13.3. The van der Waals surface area contributed by atoms with Gasteiger partial charge < -0.3 is 19.5 Å². The molecule has 0 amide bonds. The third-order valence-electron chi connectivity index (χ3n) is 3.98. The van der Waals surface area contributed by atoms with E-state index in [-0.39, 0.29) is 0 Å². The van der Waals surface area contributed by atoms with Gasteiger partial charge in [-0.3, -0.25) is 0 Å². The van der Waals surface area contributed by atoms with E-state index >= 15 is 0 Å². The Morgan fingerprint density at radius 1 is 1.30 bits per heavy atom. The van der Waals surface area contributed by atoms with Crippen LogP contribution >= 0.6 is 15.9 Å². The largest absolute Gasteiger partial charge is 0.495 e. The van der Waals surface area contributed by atoms with Gasteiger partial charge >= 0.3 is 0 Å². The van der Waals surface area contributed by atoms with Crippen molar-refractivity contribution in [1.82, 2.24) is 5.32 Å². The topological polar surface area (TPSA) is 39.7 Å². The summed E-state index contributed by atoms with van der Waals surface area (Å²) < 4.78 is 17.9. The van der Waals surface area contributed by atoms with Crippen LogP contribution in [0.3, 0.4) is 0 Å². The second-order valence-corrected chi connectivity index (χ2v) is 6.10. The summed E-state index contributed by atoms with van der Waals surface area (Å²) in [5.74, 6) is 3.18. The number of halogens is 1. The molecule has 0 atom stereocenters. The van der Waals surface area contributed by atoms with Crippen molar-refractivity contribution in [3.63, 3.8) is 0 Å². The normalized spacial score (nSPS) is 18.9. The number of nitrogens with one attached hydrogen (secondary N) is 1. The molecule has 1 N–H and O–H groups in total. The highest BCUT2D eigenvalue weighted by atomic mass is 79.9. The molecule has 0 aliphatic carbocycles. The van der Waals surface area contributed by atoms with Crippen LogP contribution in [-0.4, -0.2) is 33.4 Å². The average molecular weight is 342 g/mol. The fourth-order valence-corrected chi connectivity index (χ4v) is 3.67. The molecule has 2 heterocycles. The lowest BCUT2D eigenvalue weighted by Crippen LogP contribution is -2.28. The minimum Gasteiger partial charge on any atom is -0.495 e. The minimum absolute atomic E-state index is 0.586. The van der Waals surface area contributed by atoms with Gasteiger partial charge in [0.05, 0.1) is 7.11 Å². The van der Waals surface area contributed by atoms with Crippen LogP contribution in [0.1, 0.15) is 18.4 Å². The Balaban J connectivity index is 1.90. The van der Waals surface area contributed by atoms with E-state index in [1.807, 2.05) is 0 Å². The second kappa shape index (κ2) is 6.22. The molecular weight excluding hydrogens is 322 g/mol. The number of benzene rings is 1. The number of ether oxygens (including phenoxy) is 3. The van der Waals surface area contributed by atoms with E-state index in [1.54, 1.807) is 7.11 Å². The molecular formula is C15H20BrNO3. The zero-order chi connectivity index (χ0) is 13.9. The number of fused-ring (bicyclic) bond motifs is 1. The minimum atomic E-state index is 0.586. The standard InChI is InChI=1S/C15H20BrNO3/c1-18-14-11(8-10-2-4-17-5-3-10)9-12-15(13(14)16)20-7-6-19-12/h9-10,17H,2-8H2,1H3. The number of piperidine rings is 1. The zero-order valence-electron chi connectivity index (χ0n) is 11.7. The number of hydrogen-bond acceptors (Lipinski definition) is 4. The van der Waals surface area contributed by atoms with Crippen molar-refractivity contribution >= 4 is 15.9 Å². The predicted octanol–water partition coefficient (Wildman–Crippen LogP) is 2.77. The molecule has 0 saturated carbocycles. The lowest BCUT2D eigenvalue weighted by Gasteiger charge is -2.26. The van der Waals surface area contributed by atoms with E-state index < -0.39 is 0 Å². The van der Waals surface area contributed by atoms with Crippen molar-refractivity contribution < 1.29 is 14.2 Å². The third kappa shape index (κ3) is 2.74. The van der Waals surface area contributed by atoms with Crippen LogP contribution < -0.4 is 19.5 Å². The molecule has 2 aliphatic heterocycles. The molecule has 1 saturated heterocycles. The number of methoxy groups -OCH3 is 1. The van der Waals surface area contributed by atoms with Crippen LogP contribution in [0.2, 0.25) is 0 Å². The molecule has 20 heavy (non-hydrogen) atoms. The van der Waals surface area contributed by atoms with Gasteiger partial charge in [0.2, 0.25) is 0 Å². The first-order chi connectivity index (χ1) is 9.79. The molecule has 0 unspecified atom stereocenters. The summed E-state index contributed by atoms with van der Waals surface area (Å²) >= 11 is 3.60. The molecule has 0 aromatic heterocycles. The first-order valence-electron chi connectivity index (χ1n) is 7.15. The van der Waals surface area contributed by atoms with Gasteiger partial charge in [0.25, 0.3) is 0 Å². The fraction of sp³-hybridized carbons (Fsp3) is 0.600. The second-order valence-electron chi connectivity index (χ2n) is 5.30. The first kappa shape index (κ1) is 14.0. The number of hydrogen-bond donors (Lipinski definition) is 1. The highest BCUT2D eigenvalue weighted by Crippen LogP contribution is 2.46. The third-order valence-corrected chi connectivity index (χ3v) is 4.70. The van der Waals surface area contributed by atoms with Crippen LogP contribution in [0.15, 0.2) is 10.5 Å². The van der Waals surface area contributed by atoms with Gasteiger partial charge in [-0.05, 0) is 65.8 Å². The Hall–Kier alpha value is -0.940. The van der Waals surface area contributed by atoms with E-state index in [9.17, 15) is 0 Å². The Morgan fingerprint density at radius 3 is 2.80 bits per heavy atom. The van der Waals surface area contributed by atoms with E-state index in [2.05, 4.69) is 27.3 Å². The van der Waals surface area contributed by atoms with E-state index in [0.717, 1.165) is 41.2 Å². The summed E-state index contributed by atoms with van der Waals surface area (Å²) in [6, 6.07) is 2.08. The van der Waals surface area contributed by atoms with Crippen LogP contribution in [0, 0.1) is 5.92 Å². The molecule has 1 fully saturated rings. The van der Waals surface area contributed by atoms with Crippen LogP contribution in [0.5, 0.6) is 17.2 Å². The van der Waals surface area contributed by atoms with Gasteiger partial charge in [-0.2, -0.15) is 0 Å². The Bertz CT molecular complexity index is 486. The molecule has 3 rings (SSSR count). The lowest BCUT2D eigenvalue weighted by molar-refractivity contribution is 0.169. The molecule has 0 bridgehead atoms. The van der Waals surface area contributed by atoms with Crippen molar-refractivity contribution in [2.75, 3.05) is 33.4 Å². The molecule has 2 aliphatic rings. The van der Waals surface area contributed by atoms with Gasteiger partial charge in [-0.15, -0.1) is 0 Å². The highest BCUT2D eigenvalue weighted by molar-refractivity contribution is 9.10. The van der Waals surface area contributed by atoms with Gasteiger partial charge in [-0.1, -0.05) is 0 Å². The Kier molecular flexibility index (Phi) is 4.36. The average Bonchev–Trinajstić information content (AvgIpc) is 2.49. The molecule has 4 nitrogen and oxygen atoms in total. The van der Waals surface area contributed by atoms with Crippen molar-refractivity contribution in [2.24, 2.45) is 5.92 Å². The van der Waals surface area contributed by atoms with Crippen molar-refractivity contribution in [2.45, 2.75) is 19.3 Å². The molecule has 0 spiro atoms. The van der Waals surface area contributed by atoms with E-state index in [1.165, 1.54) is 18.4 Å². The Labute approximate surface area is 127 Å². The lowest BCUT2D eigenvalue weighted by atomic mass is 9.90. The van der Waals surface area contributed by atoms with Crippen molar-refractivity contribution in [3.8, 4) is 17.2 Å². The van der Waals surface area contributed by atoms with Gasteiger partial charge in [0.1, 0.15) is 23.4 Å². The molecule has 110 valence electrons. The maximum atomic E-state index is 5.71. The smallest absolute Gasteiger partial charge is 0.179 e. The van der Waals surface area contributed by atoms with E-state index in [4.69, 9.17) is 14.2 Å². The quantitative estimate of drug-likeness (QED) is 0.917. The molecule has 1 aromatic rings. The summed E-state index contributed by atoms with van der Waals surface area (Å²) in [5, 5.41) is 3.41. The summed E-state index contributed by atoms with van der Waals surface area (Å²) in [6.07, 6.45) is 3.46. The number of rotatable bonds is 3. The predicted molar refractivity (Wildman–Crippen MR) is 81.0 cm³/mol. The first-order valence-corrected chi connectivity index (χ1v) is 7.94. The van der Waals surface area contributed by atoms with Crippen LogP contribution in [-0.2, 0) is 6.42 Å². The van der Waals surface area contributed by atoms with Crippen molar-refractivity contribution in [1.29, 1.82) is 0 Å². The SMILES string of the molecule is COc1c(CC2CCNCC2)cc2c(c1Br)OCCO2. The highest BCUT2D eigenvalue weighted by Gasteiger charge is 2.24. The van der Waals surface area contributed by atoms with Crippen LogP contribution in [0.25, 0.3) is 0 Å². The van der Waals surface area contributed by atoms with E-state index in [0.29, 0.717) is 19.1 Å². The van der Waals surface area contributed by atoms with Gasteiger partial charge in [0.15, 0.2) is 11.5 Å². The molecule has 5 heteroatoms.